The molecule has 1 aromatic carbocycles. The van der Waals surface area contributed by atoms with Crippen molar-refractivity contribution in [3.05, 3.63) is 35.9 Å². The highest BCUT2D eigenvalue weighted by Gasteiger charge is 2.65. The smallest absolute Gasteiger partial charge is 0.00447 e. The van der Waals surface area contributed by atoms with Gasteiger partial charge in [0.25, 0.3) is 0 Å². The van der Waals surface area contributed by atoms with Crippen molar-refractivity contribution in [2.75, 3.05) is 19.6 Å². The summed E-state index contributed by atoms with van der Waals surface area (Å²) >= 11 is 0. The van der Waals surface area contributed by atoms with E-state index in [1.165, 1.54) is 19.6 Å². The quantitative estimate of drug-likeness (QED) is 0.711. The summed E-state index contributed by atoms with van der Waals surface area (Å²) in [6.45, 7) is 8.56. The predicted molar refractivity (Wildman–Crippen MR) is 62.9 cm³/mol. The summed E-state index contributed by atoms with van der Waals surface area (Å²) in [5, 5.41) is 0. The average Bonchev–Trinajstić information content (AvgIpc) is 2.68. The molecule has 0 N–H and O–H groups in total. The number of likely N-dealkylation sites (tertiary alicyclic amines) is 1. The van der Waals surface area contributed by atoms with Crippen molar-refractivity contribution in [1.82, 2.24) is 4.90 Å². The predicted octanol–water partition coefficient (Wildman–Crippen LogP) is 2.74. The van der Waals surface area contributed by atoms with E-state index in [9.17, 15) is 0 Å². The van der Waals surface area contributed by atoms with Gasteiger partial charge in [-0.3, -0.25) is 0 Å². The van der Waals surface area contributed by atoms with Gasteiger partial charge in [0, 0.05) is 13.1 Å². The molecular weight excluding hydrogens is 182 g/mol. The van der Waals surface area contributed by atoms with Crippen LogP contribution in [0.25, 0.3) is 0 Å². The second kappa shape index (κ2) is 3.08. The summed E-state index contributed by atoms with van der Waals surface area (Å²) in [5.74, 6) is 1.75. The lowest BCUT2D eigenvalue weighted by atomic mass is 10.0. The molecule has 0 spiro atoms. The van der Waals surface area contributed by atoms with Crippen LogP contribution in [0.5, 0.6) is 0 Å². The van der Waals surface area contributed by atoms with Crippen molar-refractivity contribution in [3.63, 3.8) is 0 Å². The van der Waals surface area contributed by atoms with Crippen molar-refractivity contribution in [2.24, 2.45) is 11.3 Å². The number of benzene rings is 1. The minimum atomic E-state index is 0.581. The highest BCUT2D eigenvalue weighted by Crippen LogP contribution is 2.68. The van der Waals surface area contributed by atoms with E-state index in [-0.39, 0.29) is 0 Å². The first-order valence-electron chi connectivity index (χ1n) is 6.03. The largest absolute Gasteiger partial charge is 0.303 e. The SMILES string of the molecule is CCN1CC2C(c3ccccc3)C2(C)C1. The number of hydrogen-bond acceptors (Lipinski definition) is 1. The maximum Gasteiger partial charge on any atom is 0.00447 e. The number of nitrogens with zero attached hydrogens (tertiary/aromatic N) is 1. The number of rotatable bonds is 2. The third kappa shape index (κ3) is 1.26. The maximum atomic E-state index is 2.59. The van der Waals surface area contributed by atoms with E-state index < -0.39 is 0 Å². The zero-order valence-corrected chi connectivity index (χ0v) is 9.61. The molecule has 1 aromatic rings. The Kier molecular flexibility index (Phi) is 1.93. The lowest BCUT2D eigenvalue weighted by Crippen LogP contribution is -2.25. The summed E-state index contributed by atoms with van der Waals surface area (Å²) in [6.07, 6.45) is 0. The molecule has 3 rings (SSSR count). The topological polar surface area (TPSA) is 3.24 Å². The lowest BCUT2D eigenvalue weighted by Gasteiger charge is -2.20. The molecule has 1 saturated carbocycles. The fraction of sp³-hybridized carbons (Fsp3) is 0.571. The van der Waals surface area contributed by atoms with Crippen LogP contribution in [-0.2, 0) is 0 Å². The van der Waals surface area contributed by atoms with Gasteiger partial charge in [0.1, 0.15) is 0 Å². The second-order valence-electron chi connectivity index (χ2n) is 5.33. The molecule has 1 heteroatoms. The van der Waals surface area contributed by atoms with Crippen molar-refractivity contribution < 1.29 is 0 Å². The van der Waals surface area contributed by atoms with Gasteiger partial charge in [0.05, 0.1) is 0 Å². The van der Waals surface area contributed by atoms with Crippen LogP contribution in [0.15, 0.2) is 30.3 Å². The lowest BCUT2D eigenvalue weighted by molar-refractivity contribution is 0.291. The second-order valence-corrected chi connectivity index (χ2v) is 5.33. The molecule has 15 heavy (non-hydrogen) atoms. The first-order chi connectivity index (χ1) is 7.25. The number of piperidine rings is 1. The van der Waals surface area contributed by atoms with E-state index in [4.69, 9.17) is 0 Å². The molecule has 0 bridgehead atoms. The van der Waals surface area contributed by atoms with Crippen LogP contribution in [0.4, 0.5) is 0 Å². The molecule has 1 saturated heterocycles. The van der Waals surface area contributed by atoms with Crippen molar-refractivity contribution in [3.8, 4) is 0 Å². The highest BCUT2D eigenvalue weighted by atomic mass is 15.2. The molecule has 0 radical (unpaired) electrons. The van der Waals surface area contributed by atoms with Crippen LogP contribution in [0.1, 0.15) is 25.3 Å². The zero-order chi connectivity index (χ0) is 10.5. The Morgan fingerprint density at radius 2 is 2.07 bits per heavy atom. The summed E-state index contributed by atoms with van der Waals surface area (Å²) in [6, 6.07) is 11.0. The molecule has 2 aliphatic rings. The van der Waals surface area contributed by atoms with Crippen LogP contribution in [0, 0.1) is 11.3 Å². The molecule has 3 unspecified atom stereocenters. The molecule has 0 aromatic heterocycles. The van der Waals surface area contributed by atoms with E-state index in [2.05, 4.69) is 49.1 Å². The van der Waals surface area contributed by atoms with Gasteiger partial charge in [-0.15, -0.1) is 0 Å². The normalized spacial score (nSPS) is 39.1. The van der Waals surface area contributed by atoms with Crippen molar-refractivity contribution in [1.29, 1.82) is 0 Å². The molecule has 1 heterocycles. The summed E-state index contributed by atoms with van der Waals surface area (Å²) < 4.78 is 0. The van der Waals surface area contributed by atoms with E-state index in [1.54, 1.807) is 5.56 Å². The van der Waals surface area contributed by atoms with Gasteiger partial charge in [0.15, 0.2) is 0 Å². The molecule has 1 aliphatic heterocycles. The Bertz CT molecular complexity index is 359. The van der Waals surface area contributed by atoms with Crippen LogP contribution in [-0.4, -0.2) is 24.5 Å². The Balaban J connectivity index is 1.80. The van der Waals surface area contributed by atoms with E-state index in [0.717, 1.165) is 11.8 Å². The molecule has 0 amide bonds. The van der Waals surface area contributed by atoms with Crippen LogP contribution in [0.2, 0.25) is 0 Å². The van der Waals surface area contributed by atoms with Crippen LogP contribution in [0.3, 0.4) is 0 Å². The fourth-order valence-corrected chi connectivity index (χ4v) is 3.53. The van der Waals surface area contributed by atoms with E-state index in [0.29, 0.717) is 5.41 Å². The zero-order valence-electron chi connectivity index (χ0n) is 9.61. The molecule has 2 fully saturated rings. The summed E-state index contributed by atoms with van der Waals surface area (Å²) in [7, 11) is 0. The Labute approximate surface area is 92.1 Å². The minimum absolute atomic E-state index is 0.581. The van der Waals surface area contributed by atoms with Gasteiger partial charge in [-0.25, -0.2) is 0 Å². The molecule has 1 aliphatic carbocycles. The first-order valence-corrected chi connectivity index (χ1v) is 6.03. The third-order valence-corrected chi connectivity index (χ3v) is 4.48. The number of hydrogen-bond donors (Lipinski definition) is 0. The van der Waals surface area contributed by atoms with Gasteiger partial charge >= 0.3 is 0 Å². The van der Waals surface area contributed by atoms with E-state index >= 15 is 0 Å². The summed E-state index contributed by atoms with van der Waals surface area (Å²) in [5.41, 5.74) is 2.14. The van der Waals surface area contributed by atoms with Gasteiger partial charge in [-0.1, -0.05) is 44.2 Å². The van der Waals surface area contributed by atoms with Gasteiger partial charge in [0.2, 0.25) is 0 Å². The van der Waals surface area contributed by atoms with Gasteiger partial charge in [-0.2, -0.15) is 0 Å². The maximum absolute atomic E-state index is 2.59. The molecule has 1 nitrogen and oxygen atoms in total. The van der Waals surface area contributed by atoms with Gasteiger partial charge < -0.3 is 4.90 Å². The third-order valence-electron chi connectivity index (χ3n) is 4.48. The van der Waals surface area contributed by atoms with Crippen molar-refractivity contribution >= 4 is 0 Å². The number of fused-ring (bicyclic) bond motifs is 1. The first kappa shape index (κ1) is 9.41. The molecular formula is C14H19N. The standard InChI is InChI=1S/C14H19N/c1-3-15-9-12-13(14(12,2)10-15)11-7-5-4-6-8-11/h4-8,12-13H,3,9-10H2,1-2H3. The van der Waals surface area contributed by atoms with E-state index in [1.807, 2.05) is 0 Å². The van der Waals surface area contributed by atoms with Crippen molar-refractivity contribution in [2.45, 2.75) is 19.8 Å². The fourth-order valence-electron chi connectivity index (χ4n) is 3.53. The Hall–Kier alpha value is -0.820. The Morgan fingerprint density at radius 3 is 2.60 bits per heavy atom. The molecule has 3 atom stereocenters. The van der Waals surface area contributed by atoms with Gasteiger partial charge in [-0.05, 0) is 29.4 Å². The monoisotopic (exact) mass is 201 g/mol. The minimum Gasteiger partial charge on any atom is -0.303 e. The Morgan fingerprint density at radius 1 is 1.33 bits per heavy atom. The van der Waals surface area contributed by atoms with Crippen LogP contribution >= 0.6 is 0 Å². The van der Waals surface area contributed by atoms with Crippen LogP contribution < -0.4 is 0 Å². The summed E-state index contributed by atoms with van der Waals surface area (Å²) in [4.78, 5) is 2.59. The average molecular weight is 201 g/mol. The molecule has 80 valence electrons. The highest BCUT2D eigenvalue weighted by molar-refractivity contribution is 5.34.